The van der Waals surface area contributed by atoms with Crippen LogP contribution < -0.4 is 62.6 Å². The second-order valence-corrected chi connectivity index (χ2v) is 5.81. The fraction of sp³-hybridized carbons (Fsp3) is 0.400. The third-order valence-corrected chi connectivity index (χ3v) is 3.80. The van der Waals surface area contributed by atoms with Crippen molar-refractivity contribution in [3.8, 4) is 0 Å². The molecule has 0 spiro atoms. The Bertz CT molecular complexity index is 631. The largest absolute Gasteiger partial charge is 1.00 e. The van der Waals surface area contributed by atoms with Gasteiger partial charge < -0.3 is 18.7 Å². The maximum atomic E-state index is 13.0. The summed E-state index contributed by atoms with van der Waals surface area (Å²) < 4.78 is 73.1. The van der Waals surface area contributed by atoms with E-state index in [1.165, 1.54) is 13.8 Å². The molecule has 2 N–H and O–H groups in total. The SMILES string of the molecule is Cc1c(N)c(C)c([B-](F)(F)F)c(C)c1CS(=O)(=O)F.[K+]. The number of hydrogen-bond donors (Lipinski definition) is 1. The summed E-state index contributed by atoms with van der Waals surface area (Å²) in [5, 5.41) is 0. The molecule has 0 saturated carbocycles. The van der Waals surface area contributed by atoms with Gasteiger partial charge in [0.2, 0.25) is 0 Å². The number of benzene rings is 1. The molecular formula is C10H13BF4KNO2S. The van der Waals surface area contributed by atoms with Crippen molar-refractivity contribution in [2.45, 2.75) is 26.5 Å². The van der Waals surface area contributed by atoms with Gasteiger partial charge in [-0.3, -0.25) is 0 Å². The van der Waals surface area contributed by atoms with Crippen LogP contribution in [0.3, 0.4) is 0 Å². The molecule has 0 unspecified atom stereocenters. The molecule has 0 atom stereocenters. The Labute approximate surface area is 158 Å². The summed E-state index contributed by atoms with van der Waals surface area (Å²) in [5.74, 6) is -1.10. The average Bonchev–Trinajstić information content (AvgIpc) is 2.18. The standard InChI is InChI=1S/C10H13BF4NO2S.K/c1-5-8(4-19(15,17)18)6(2)10(16)7(3)9(5)11(12,13)14;/h4,16H2,1-3H3;/q-1;+1. The van der Waals surface area contributed by atoms with E-state index in [1.807, 2.05) is 0 Å². The van der Waals surface area contributed by atoms with E-state index in [0.717, 1.165) is 6.92 Å². The topological polar surface area (TPSA) is 60.2 Å². The first-order valence-corrected chi connectivity index (χ1v) is 6.91. The van der Waals surface area contributed by atoms with Crippen molar-refractivity contribution in [2.24, 2.45) is 0 Å². The number of rotatable bonds is 3. The Morgan fingerprint density at radius 3 is 1.85 bits per heavy atom. The molecule has 0 fully saturated rings. The van der Waals surface area contributed by atoms with E-state index in [1.54, 1.807) is 0 Å². The number of anilines is 1. The van der Waals surface area contributed by atoms with Gasteiger partial charge in [0.1, 0.15) is 5.75 Å². The van der Waals surface area contributed by atoms with Crippen LogP contribution in [0, 0.1) is 20.8 Å². The summed E-state index contributed by atoms with van der Waals surface area (Å²) in [6.07, 6.45) is 0. The maximum Gasteiger partial charge on any atom is 1.00 e. The summed E-state index contributed by atoms with van der Waals surface area (Å²) in [7, 11) is -4.93. The first-order valence-electron chi connectivity index (χ1n) is 5.36. The van der Waals surface area contributed by atoms with E-state index >= 15 is 0 Å². The van der Waals surface area contributed by atoms with Crippen molar-refractivity contribution < 1.29 is 76.6 Å². The van der Waals surface area contributed by atoms with Crippen LogP contribution in [0.2, 0.25) is 0 Å². The molecular weight excluding hydrogens is 324 g/mol. The molecule has 108 valence electrons. The Morgan fingerprint density at radius 2 is 1.50 bits per heavy atom. The summed E-state index contributed by atoms with van der Waals surface area (Å²) in [6, 6.07) is 0. The molecule has 1 rings (SSSR count). The molecule has 20 heavy (non-hydrogen) atoms. The predicted octanol–water partition coefficient (Wildman–Crippen LogP) is -0.948. The number of halogens is 4. The van der Waals surface area contributed by atoms with Gasteiger partial charge in [-0.15, -0.1) is 9.35 Å². The smallest absolute Gasteiger partial charge is 0.445 e. The molecule has 0 aliphatic rings. The van der Waals surface area contributed by atoms with Crippen LogP contribution in [0.4, 0.5) is 22.5 Å². The number of nitrogen functional groups attached to an aromatic ring is 1. The molecule has 1 aromatic rings. The molecule has 1 aromatic carbocycles. The third kappa shape index (κ3) is 4.44. The quantitative estimate of drug-likeness (QED) is 0.335. The second kappa shape index (κ2) is 6.66. The van der Waals surface area contributed by atoms with Gasteiger partial charge in [0.15, 0.2) is 0 Å². The Hall–Kier alpha value is 0.391. The minimum absolute atomic E-state index is 0. The van der Waals surface area contributed by atoms with Gasteiger partial charge in [0.05, 0.1) is 0 Å². The van der Waals surface area contributed by atoms with Crippen LogP contribution >= 0.6 is 0 Å². The van der Waals surface area contributed by atoms with Crippen molar-refractivity contribution in [1.29, 1.82) is 0 Å². The molecule has 0 radical (unpaired) electrons. The van der Waals surface area contributed by atoms with Crippen molar-refractivity contribution in [3.05, 3.63) is 22.3 Å². The van der Waals surface area contributed by atoms with Crippen LogP contribution in [0.15, 0.2) is 0 Å². The van der Waals surface area contributed by atoms with Crippen LogP contribution in [-0.2, 0) is 16.0 Å². The molecule has 3 nitrogen and oxygen atoms in total. The van der Waals surface area contributed by atoms with Crippen molar-refractivity contribution in [1.82, 2.24) is 0 Å². The van der Waals surface area contributed by atoms with Crippen LogP contribution in [0.5, 0.6) is 0 Å². The monoisotopic (exact) mass is 337 g/mol. The summed E-state index contributed by atoms with van der Waals surface area (Å²) in [4.78, 5) is 0. The normalized spacial score (nSPS) is 12.2. The maximum absolute atomic E-state index is 13.0. The Kier molecular flexibility index (Phi) is 6.79. The van der Waals surface area contributed by atoms with Crippen LogP contribution in [0.25, 0.3) is 0 Å². The second-order valence-electron chi connectivity index (χ2n) is 4.44. The number of hydrogen-bond acceptors (Lipinski definition) is 3. The van der Waals surface area contributed by atoms with Gasteiger partial charge >= 0.3 is 68.6 Å². The van der Waals surface area contributed by atoms with Gasteiger partial charge in [-0.05, 0) is 31.9 Å². The van der Waals surface area contributed by atoms with Crippen molar-refractivity contribution >= 4 is 28.4 Å². The van der Waals surface area contributed by atoms with E-state index in [0.29, 0.717) is 0 Å². The van der Waals surface area contributed by atoms with E-state index in [-0.39, 0.29) is 79.3 Å². The Balaban J connectivity index is 0.00000361. The fourth-order valence-electron chi connectivity index (χ4n) is 2.19. The van der Waals surface area contributed by atoms with Gasteiger partial charge in [-0.1, -0.05) is 11.1 Å². The minimum atomic E-state index is -5.35. The van der Waals surface area contributed by atoms with E-state index in [9.17, 15) is 25.3 Å². The molecule has 0 aliphatic heterocycles. The zero-order chi connectivity index (χ0) is 15.2. The first kappa shape index (κ1) is 20.4. The molecule has 0 aliphatic carbocycles. The summed E-state index contributed by atoms with van der Waals surface area (Å²) in [5.41, 5.74) is 3.98. The van der Waals surface area contributed by atoms with E-state index < -0.39 is 28.4 Å². The van der Waals surface area contributed by atoms with Crippen LogP contribution in [-0.4, -0.2) is 15.4 Å². The summed E-state index contributed by atoms with van der Waals surface area (Å²) in [6.45, 7) is -1.63. The van der Waals surface area contributed by atoms with Gasteiger partial charge in [0.25, 0.3) is 0 Å². The van der Waals surface area contributed by atoms with Gasteiger partial charge in [0, 0.05) is 5.69 Å². The fourth-order valence-corrected chi connectivity index (χ4v) is 2.97. The van der Waals surface area contributed by atoms with E-state index in [2.05, 4.69) is 0 Å². The Morgan fingerprint density at radius 1 is 1.05 bits per heavy atom. The van der Waals surface area contributed by atoms with Gasteiger partial charge in [-0.2, -0.15) is 8.42 Å². The zero-order valence-corrected chi connectivity index (χ0v) is 15.5. The molecule has 0 saturated heterocycles. The molecule has 10 heteroatoms. The summed E-state index contributed by atoms with van der Waals surface area (Å²) >= 11 is 0. The predicted molar refractivity (Wildman–Crippen MR) is 67.5 cm³/mol. The first-order chi connectivity index (χ1) is 8.36. The molecule has 0 bridgehead atoms. The van der Waals surface area contributed by atoms with Crippen molar-refractivity contribution in [3.63, 3.8) is 0 Å². The number of nitrogens with two attached hydrogens (primary N) is 1. The van der Waals surface area contributed by atoms with E-state index in [4.69, 9.17) is 5.73 Å². The molecule has 0 aromatic heterocycles. The van der Waals surface area contributed by atoms with Crippen LogP contribution in [0.1, 0.15) is 22.3 Å². The average molecular weight is 337 g/mol. The third-order valence-electron chi connectivity index (χ3n) is 3.17. The zero-order valence-electron chi connectivity index (χ0n) is 11.6. The molecule has 0 amide bonds. The van der Waals surface area contributed by atoms with Crippen molar-refractivity contribution in [2.75, 3.05) is 5.73 Å². The molecule has 0 heterocycles. The minimum Gasteiger partial charge on any atom is -0.445 e. The van der Waals surface area contributed by atoms with Gasteiger partial charge in [-0.25, -0.2) is 0 Å².